The van der Waals surface area contributed by atoms with Crippen molar-refractivity contribution in [3.63, 3.8) is 0 Å². The molecule has 2 rings (SSSR count). The van der Waals surface area contributed by atoms with Gasteiger partial charge in [-0.1, -0.05) is 23.8 Å². The van der Waals surface area contributed by atoms with Gasteiger partial charge in [-0.3, -0.25) is 9.52 Å². The molecule has 0 aliphatic heterocycles. The van der Waals surface area contributed by atoms with Crippen LogP contribution in [0.1, 0.15) is 36.2 Å². The number of sulfonamides is 1. The van der Waals surface area contributed by atoms with Crippen LogP contribution < -0.4 is 10.0 Å². The minimum absolute atomic E-state index is 0.0406. The van der Waals surface area contributed by atoms with E-state index in [1.807, 2.05) is 32.9 Å². The first-order valence-corrected chi connectivity index (χ1v) is 10.4. The lowest BCUT2D eigenvalue weighted by atomic mass is 10.2. The number of benzene rings is 2. The highest BCUT2D eigenvalue weighted by molar-refractivity contribution is 7.92. The molecule has 1 amide bonds. The molecule has 27 heavy (non-hydrogen) atoms. The summed E-state index contributed by atoms with van der Waals surface area (Å²) in [5, 5.41) is 2.77. The Balaban J connectivity index is 2.00. The van der Waals surface area contributed by atoms with Crippen LogP contribution in [0.2, 0.25) is 0 Å². The Kier molecular flexibility index (Phi) is 7.38. The van der Waals surface area contributed by atoms with Crippen molar-refractivity contribution in [2.45, 2.75) is 38.2 Å². The van der Waals surface area contributed by atoms with Crippen LogP contribution in [0.5, 0.6) is 0 Å². The molecule has 2 aromatic carbocycles. The molecule has 7 heteroatoms. The lowest BCUT2D eigenvalue weighted by molar-refractivity contribution is 0.0757. The normalized spacial score (nSPS) is 11.4. The van der Waals surface area contributed by atoms with Gasteiger partial charge in [-0.2, -0.15) is 0 Å². The SMILES string of the molecule is Cc1ccc(NS(=O)(=O)c2cccc(C(=O)NCCCOC(C)C)c2)cc1. The van der Waals surface area contributed by atoms with Crippen molar-refractivity contribution in [3.05, 3.63) is 59.7 Å². The second-order valence-corrected chi connectivity index (χ2v) is 8.21. The summed E-state index contributed by atoms with van der Waals surface area (Å²) in [7, 11) is -3.77. The summed E-state index contributed by atoms with van der Waals surface area (Å²) < 4.78 is 33.1. The minimum Gasteiger partial charge on any atom is -0.379 e. The summed E-state index contributed by atoms with van der Waals surface area (Å²) in [4.78, 5) is 12.3. The molecule has 0 saturated carbocycles. The predicted octanol–water partition coefficient (Wildman–Crippen LogP) is 3.34. The molecule has 0 bridgehead atoms. The average Bonchev–Trinajstić information content (AvgIpc) is 2.63. The number of anilines is 1. The quantitative estimate of drug-likeness (QED) is 0.643. The Morgan fingerprint density at radius 1 is 1.11 bits per heavy atom. The van der Waals surface area contributed by atoms with Crippen molar-refractivity contribution in [1.29, 1.82) is 0 Å². The van der Waals surface area contributed by atoms with Crippen molar-refractivity contribution >= 4 is 21.6 Å². The van der Waals surface area contributed by atoms with Gasteiger partial charge in [-0.15, -0.1) is 0 Å². The second kappa shape index (κ2) is 9.53. The van der Waals surface area contributed by atoms with E-state index in [0.29, 0.717) is 30.8 Å². The highest BCUT2D eigenvalue weighted by Gasteiger charge is 2.16. The molecule has 0 fully saturated rings. The molecule has 0 aliphatic rings. The van der Waals surface area contributed by atoms with Gasteiger partial charge in [0.25, 0.3) is 15.9 Å². The highest BCUT2D eigenvalue weighted by Crippen LogP contribution is 2.17. The average molecular weight is 391 g/mol. The van der Waals surface area contributed by atoms with Crippen molar-refractivity contribution in [1.82, 2.24) is 5.32 Å². The number of ether oxygens (including phenoxy) is 1. The first kappa shape index (κ1) is 20.9. The van der Waals surface area contributed by atoms with Crippen LogP contribution in [0.3, 0.4) is 0 Å². The first-order valence-electron chi connectivity index (χ1n) is 8.87. The lowest BCUT2D eigenvalue weighted by Crippen LogP contribution is -2.26. The molecule has 0 unspecified atom stereocenters. The number of hydrogen-bond acceptors (Lipinski definition) is 4. The number of carbonyl (C=O) groups excluding carboxylic acids is 1. The van der Waals surface area contributed by atoms with Crippen LogP contribution in [0.4, 0.5) is 5.69 Å². The number of amides is 1. The van der Waals surface area contributed by atoms with Crippen LogP contribution in [0, 0.1) is 6.92 Å². The molecule has 0 saturated heterocycles. The zero-order valence-electron chi connectivity index (χ0n) is 15.9. The lowest BCUT2D eigenvalue weighted by Gasteiger charge is -2.11. The third-order valence-corrected chi connectivity index (χ3v) is 5.15. The number of carbonyl (C=O) groups is 1. The number of rotatable bonds is 9. The summed E-state index contributed by atoms with van der Waals surface area (Å²) in [6.07, 6.45) is 0.847. The maximum Gasteiger partial charge on any atom is 0.261 e. The first-order chi connectivity index (χ1) is 12.8. The second-order valence-electron chi connectivity index (χ2n) is 6.53. The van der Waals surface area contributed by atoms with E-state index < -0.39 is 10.0 Å². The van der Waals surface area contributed by atoms with E-state index in [0.717, 1.165) is 5.56 Å². The zero-order valence-corrected chi connectivity index (χ0v) is 16.7. The third-order valence-electron chi connectivity index (χ3n) is 3.77. The fraction of sp³-hybridized carbons (Fsp3) is 0.350. The molecule has 146 valence electrons. The molecule has 2 aromatic rings. The van der Waals surface area contributed by atoms with Crippen molar-refractivity contribution in [2.24, 2.45) is 0 Å². The van der Waals surface area contributed by atoms with Crippen LogP contribution in [-0.4, -0.2) is 33.6 Å². The van der Waals surface area contributed by atoms with Gasteiger partial charge in [0.05, 0.1) is 11.0 Å². The van der Waals surface area contributed by atoms with E-state index >= 15 is 0 Å². The maximum atomic E-state index is 12.6. The molecule has 0 aliphatic carbocycles. The molecular formula is C20H26N2O4S. The van der Waals surface area contributed by atoms with E-state index in [-0.39, 0.29) is 16.9 Å². The molecule has 0 radical (unpaired) electrons. The smallest absolute Gasteiger partial charge is 0.261 e. The monoisotopic (exact) mass is 390 g/mol. The Labute approximate surface area is 161 Å². The van der Waals surface area contributed by atoms with Crippen LogP contribution >= 0.6 is 0 Å². The standard InChI is InChI=1S/C20H26N2O4S/c1-15(2)26-13-5-12-21-20(23)17-6-4-7-19(14-17)27(24,25)22-18-10-8-16(3)9-11-18/h4,6-11,14-15,22H,5,12-13H2,1-3H3,(H,21,23). The summed E-state index contributed by atoms with van der Waals surface area (Å²) in [6.45, 7) is 6.86. The largest absolute Gasteiger partial charge is 0.379 e. The predicted molar refractivity (Wildman–Crippen MR) is 106 cm³/mol. The number of nitrogens with one attached hydrogen (secondary N) is 2. The number of hydrogen-bond donors (Lipinski definition) is 2. The summed E-state index contributed by atoms with van der Waals surface area (Å²) >= 11 is 0. The Morgan fingerprint density at radius 3 is 2.48 bits per heavy atom. The van der Waals surface area contributed by atoms with Gasteiger partial charge >= 0.3 is 0 Å². The molecule has 0 spiro atoms. The van der Waals surface area contributed by atoms with Gasteiger partial charge in [-0.25, -0.2) is 8.42 Å². The van der Waals surface area contributed by atoms with Crippen LogP contribution in [-0.2, 0) is 14.8 Å². The fourth-order valence-corrected chi connectivity index (χ4v) is 3.44. The van der Waals surface area contributed by atoms with E-state index in [4.69, 9.17) is 4.74 Å². The minimum atomic E-state index is -3.77. The topological polar surface area (TPSA) is 84.5 Å². The Bertz CT molecular complexity index is 862. The van der Waals surface area contributed by atoms with Crippen LogP contribution in [0.25, 0.3) is 0 Å². The van der Waals surface area contributed by atoms with Gasteiger partial charge in [0.1, 0.15) is 0 Å². The molecule has 0 aromatic heterocycles. The maximum absolute atomic E-state index is 12.6. The van der Waals surface area contributed by atoms with Crippen LogP contribution in [0.15, 0.2) is 53.4 Å². The molecular weight excluding hydrogens is 364 g/mol. The van der Waals surface area contributed by atoms with Crippen molar-refractivity contribution in [2.75, 3.05) is 17.9 Å². The third kappa shape index (κ3) is 6.69. The summed E-state index contributed by atoms with van der Waals surface area (Å²) in [5.41, 5.74) is 1.81. The summed E-state index contributed by atoms with van der Waals surface area (Å²) in [6, 6.07) is 13.0. The van der Waals surface area contributed by atoms with E-state index in [1.54, 1.807) is 24.3 Å². The van der Waals surface area contributed by atoms with Crippen molar-refractivity contribution < 1.29 is 17.9 Å². The van der Waals surface area contributed by atoms with E-state index in [9.17, 15) is 13.2 Å². The van der Waals surface area contributed by atoms with Gasteiger partial charge in [-0.05, 0) is 57.5 Å². The molecule has 2 N–H and O–H groups in total. The molecule has 0 atom stereocenters. The van der Waals surface area contributed by atoms with Gasteiger partial charge < -0.3 is 10.1 Å². The Morgan fingerprint density at radius 2 is 1.81 bits per heavy atom. The highest BCUT2D eigenvalue weighted by atomic mass is 32.2. The van der Waals surface area contributed by atoms with E-state index in [2.05, 4.69) is 10.0 Å². The zero-order chi connectivity index (χ0) is 19.9. The number of aryl methyl sites for hydroxylation is 1. The fourth-order valence-electron chi connectivity index (χ4n) is 2.34. The molecule has 0 heterocycles. The van der Waals surface area contributed by atoms with Gasteiger partial charge in [0.2, 0.25) is 0 Å². The van der Waals surface area contributed by atoms with Crippen molar-refractivity contribution in [3.8, 4) is 0 Å². The molecule has 6 nitrogen and oxygen atoms in total. The van der Waals surface area contributed by atoms with Gasteiger partial charge in [0, 0.05) is 24.4 Å². The van der Waals surface area contributed by atoms with Gasteiger partial charge in [0.15, 0.2) is 0 Å². The summed E-state index contributed by atoms with van der Waals surface area (Å²) in [5.74, 6) is -0.313. The van der Waals surface area contributed by atoms with E-state index in [1.165, 1.54) is 12.1 Å². The Hall–Kier alpha value is -2.38.